The van der Waals surface area contributed by atoms with Gasteiger partial charge in [-0.2, -0.15) is 0 Å². The quantitative estimate of drug-likeness (QED) is 0.703. The molecule has 1 heterocycles. The third-order valence-corrected chi connectivity index (χ3v) is 6.39. The number of aliphatic carboxylic acids is 1. The Morgan fingerprint density at radius 2 is 1.77 bits per heavy atom. The van der Waals surface area contributed by atoms with Gasteiger partial charge in [-0.05, 0) is 66.1 Å². The van der Waals surface area contributed by atoms with Gasteiger partial charge in [-0.25, -0.2) is 0 Å². The standard InChI is InChI=1S/C25H30N2O4/c26-22(25(29)30)15-24(28)27-13-12-20-14-19(8-11-23(20)27)18-6-9-21(10-7-18)31-16-17-4-2-1-3-5-17/h6-11,14,17,22H,1-5,12-13,15-16,26H2,(H,29,30)/t22-/m1/s1. The van der Waals surface area contributed by atoms with E-state index >= 15 is 0 Å². The van der Waals surface area contributed by atoms with Crippen molar-refractivity contribution in [2.75, 3.05) is 18.1 Å². The Balaban J connectivity index is 1.40. The van der Waals surface area contributed by atoms with Gasteiger partial charge in [0.2, 0.25) is 5.91 Å². The largest absolute Gasteiger partial charge is 0.493 e. The summed E-state index contributed by atoms with van der Waals surface area (Å²) in [4.78, 5) is 25.0. The molecule has 4 rings (SSSR count). The lowest BCUT2D eigenvalue weighted by Crippen LogP contribution is -2.38. The van der Waals surface area contributed by atoms with Crippen LogP contribution in [0, 0.1) is 5.92 Å². The Labute approximate surface area is 183 Å². The van der Waals surface area contributed by atoms with Crippen LogP contribution in [0.25, 0.3) is 11.1 Å². The third kappa shape index (κ3) is 5.07. The molecule has 0 unspecified atom stereocenters. The highest BCUT2D eigenvalue weighted by molar-refractivity contribution is 5.98. The number of carbonyl (C=O) groups excluding carboxylic acids is 1. The lowest BCUT2D eigenvalue weighted by atomic mass is 9.90. The summed E-state index contributed by atoms with van der Waals surface area (Å²) in [6, 6.07) is 13.1. The molecule has 0 spiro atoms. The van der Waals surface area contributed by atoms with E-state index in [1.54, 1.807) is 4.90 Å². The first-order valence-corrected chi connectivity index (χ1v) is 11.2. The van der Waals surface area contributed by atoms with Crippen LogP contribution in [0.5, 0.6) is 5.75 Å². The molecule has 1 amide bonds. The van der Waals surface area contributed by atoms with Gasteiger partial charge >= 0.3 is 5.97 Å². The number of hydrogen-bond acceptors (Lipinski definition) is 4. The van der Waals surface area contributed by atoms with Crippen molar-refractivity contribution in [1.82, 2.24) is 0 Å². The van der Waals surface area contributed by atoms with Crippen LogP contribution in [0.4, 0.5) is 5.69 Å². The van der Waals surface area contributed by atoms with Gasteiger partial charge in [0.15, 0.2) is 0 Å². The smallest absolute Gasteiger partial charge is 0.321 e. The lowest BCUT2D eigenvalue weighted by molar-refractivity contribution is -0.140. The summed E-state index contributed by atoms with van der Waals surface area (Å²) in [6.07, 6.45) is 7.09. The summed E-state index contributed by atoms with van der Waals surface area (Å²) in [5.74, 6) is 0.179. The zero-order valence-electron chi connectivity index (χ0n) is 17.8. The topological polar surface area (TPSA) is 92.9 Å². The maximum atomic E-state index is 12.5. The van der Waals surface area contributed by atoms with Crippen molar-refractivity contribution in [3.8, 4) is 16.9 Å². The minimum absolute atomic E-state index is 0.196. The van der Waals surface area contributed by atoms with Crippen LogP contribution in [-0.2, 0) is 16.0 Å². The Kier molecular flexibility index (Phi) is 6.56. The second kappa shape index (κ2) is 9.52. The fourth-order valence-electron chi connectivity index (χ4n) is 4.54. The highest BCUT2D eigenvalue weighted by Gasteiger charge is 2.27. The number of benzene rings is 2. The number of fused-ring (bicyclic) bond motifs is 1. The second-order valence-electron chi connectivity index (χ2n) is 8.63. The van der Waals surface area contributed by atoms with Crippen LogP contribution in [-0.4, -0.2) is 36.2 Å². The number of carboxylic acid groups (broad SMARTS) is 1. The molecule has 2 aromatic rings. The van der Waals surface area contributed by atoms with Gasteiger partial charge in [0, 0.05) is 12.2 Å². The minimum atomic E-state index is -1.17. The number of rotatable bonds is 7. The van der Waals surface area contributed by atoms with Crippen molar-refractivity contribution >= 4 is 17.6 Å². The van der Waals surface area contributed by atoms with Gasteiger partial charge in [-0.15, -0.1) is 0 Å². The first kappa shape index (κ1) is 21.4. The number of hydrogen-bond donors (Lipinski definition) is 2. The average molecular weight is 423 g/mol. The number of amides is 1. The van der Waals surface area contributed by atoms with E-state index in [9.17, 15) is 9.59 Å². The van der Waals surface area contributed by atoms with E-state index in [0.29, 0.717) is 12.5 Å². The molecule has 1 atom stereocenters. The molecule has 3 N–H and O–H groups in total. The van der Waals surface area contributed by atoms with Crippen molar-refractivity contribution < 1.29 is 19.4 Å². The Bertz CT molecular complexity index is 935. The number of ether oxygens (including phenoxy) is 1. The van der Waals surface area contributed by atoms with Crippen molar-refractivity contribution in [3.63, 3.8) is 0 Å². The summed E-state index contributed by atoms with van der Waals surface area (Å²) in [5, 5.41) is 8.95. The number of carbonyl (C=O) groups is 2. The molecule has 1 aliphatic heterocycles. The molecule has 6 heteroatoms. The van der Waals surface area contributed by atoms with Crippen LogP contribution >= 0.6 is 0 Å². The van der Waals surface area contributed by atoms with Gasteiger partial charge < -0.3 is 20.5 Å². The number of nitrogens with zero attached hydrogens (tertiary/aromatic N) is 1. The molecule has 6 nitrogen and oxygen atoms in total. The second-order valence-corrected chi connectivity index (χ2v) is 8.63. The van der Waals surface area contributed by atoms with Crippen molar-refractivity contribution in [2.24, 2.45) is 11.7 Å². The monoisotopic (exact) mass is 422 g/mol. The molecule has 0 saturated heterocycles. The van der Waals surface area contributed by atoms with E-state index in [1.165, 1.54) is 32.1 Å². The fraction of sp³-hybridized carbons (Fsp3) is 0.440. The molecule has 1 saturated carbocycles. The van der Waals surface area contributed by atoms with Gasteiger partial charge in [0.1, 0.15) is 11.8 Å². The SMILES string of the molecule is N[C@H](CC(=O)N1CCc2cc(-c3ccc(OCC4CCCCC4)cc3)ccc21)C(=O)O. The zero-order valence-corrected chi connectivity index (χ0v) is 17.8. The van der Waals surface area contributed by atoms with Gasteiger partial charge in [0.25, 0.3) is 0 Å². The summed E-state index contributed by atoms with van der Waals surface area (Å²) in [7, 11) is 0. The van der Waals surface area contributed by atoms with Gasteiger partial charge in [0.05, 0.1) is 13.0 Å². The number of nitrogens with two attached hydrogens (primary N) is 1. The van der Waals surface area contributed by atoms with Crippen LogP contribution in [0.2, 0.25) is 0 Å². The number of carboxylic acids is 1. The van der Waals surface area contributed by atoms with E-state index in [2.05, 4.69) is 18.2 Å². The van der Waals surface area contributed by atoms with Gasteiger partial charge in [-0.3, -0.25) is 9.59 Å². The fourth-order valence-corrected chi connectivity index (χ4v) is 4.54. The number of anilines is 1. The van der Waals surface area contributed by atoms with Crippen LogP contribution in [0.3, 0.4) is 0 Å². The third-order valence-electron chi connectivity index (χ3n) is 6.39. The van der Waals surface area contributed by atoms with Crippen molar-refractivity contribution in [3.05, 3.63) is 48.0 Å². The highest BCUT2D eigenvalue weighted by atomic mass is 16.5. The van der Waals surface area contributed by atoms with Crippen LogP contribution in [0.15, 0.2) is 42.5 Å². The maximum Gasteiger partial charge on any atom is 0.321 e. The van der Waals surface area contributed by atoms with E-state index in [-0.39, 0.29) is 12.3 Å². The molecule has 164 valence electrons. The lowest BCUT2D eigenvalue weighted by Gasteiger charge is -2.21. The van der Waals surface area contributed by atoms with E-state index in [4.69, 9.17) is 15.6 Å². The highest BCUT2D eigenvalue weighted by Crippen LogP contribution is 2.33. The Morgan fingerprint density at radius 3 is 2.48 bits per heavy atom. The molecule has 2 aliphatic rings. The molecular weight excluding hydrogens is 392 g/mol. The summed E-state index contributed by atoms with van der Waals surface area (Å²) >= 11 is 0. The predicted octanol–water partition coefficient (Wildman–Crippen LogP) is 4.00. The van der Waals surface area contributed by atoms with Gasteiger partial charge in [-0.1, -0.05) is 37.5 Å². The molecule has 0 bridgehead atoms. The summed E-state index contributed by atoms with van der Waals surface area (Å²) in [5.41, 5.74) is 9.65. The first-order chi connectivity index (χ1) is 15.0. The Hall–Kier alpha value is -2.86. The van der Waals surface area contributed by atoms with Crippen molar-refractivity contribution in [2.45, 2.75) is 51.0 Å². The van der Waals surface area contributed by atoms with E-state index in [1.807, 2.05) is 24.3 Å². The molecule has 31 heavy (non-hydrogen) atoms. The zero-order chi connectivity index (χ0) is 21.8. The van der Waals surface area contributed by atoms with Crippen molar-refractivity contribution in [1.29, 1.82) is 0 Å². The normalized spacial score (nSPS) is 17.3. The molecule has 2 aromatic carbocycles. The molecule has 0 aromatic heterocycles. The predicted molar refractivity (Wildman–Crippen MR) is 120 cm³/mol. The average Bonchev–Trinajstić information content (AvgIpc) is 3.22. The van der Waals surface area contributed by atoms with Crippen LogP contribution < -0.4 is 15.4 Å². The molecule has 1 aliphatic carbocycles. The maximum absolute atomic E-state index is 12.5. The first-order valence-electron chi connectivity index (χ1n) is 11.2. The minimum Gasteiger partial charge on any atom is -0.493 e. The molecule has 0 radical (unpaired) electrons. The summed E-state index contributed by atoms with van der Waals surface area (Å²) in [6.45, 7) is 1.35. The Morgan fingerprint density at radius 1 is 1.06 bits per heavy atom. The van der Waals surface area contributed by atoms with Crippen LogP contribution in [0.1, 0.15) is 44.1 Å². The van der Waals surface area contributed by atoms with E-state index < -0.39 is 12.0 Å². The molecular formula is C25H30N2O4. The van der Waals surface area contributed by atoms with E-state index in [0.717, 1.165) is 41.2 Å². The summed E-state index contributed by atoms with van der Waals surface area (Å²) < 4.78 is 6.00. The molecule has 1 fully saturated rings.